The first kappa shape index (κ1) is 12.3. The zero-order valence-corrected chi connectivity index (χ0v) is 9.33. The van der Waals surface area contributed by atoms with Gasteiger partial charge in [0, 0.05) is 5.38 Å². The van der Waals surface area contributed by atoms with Gasteiger partial charge in [0.25, 0.3) is 0 Å². The van der Waals surface area contributed by atoms with Crippen molar-refractivity contribution in [2.24, 2.45) is 11.3 Å². The average Bonchev–Trinajstić information content (AvgIpc) is 2.17. The molecule has 1 atom stereocenters. The molecule has 0 aliphatic heterocycles. The molecule has 0 amide bonds. The minimum absolute atomic E-state index is 0.351. The molecule has 2 N–H and O–H groups in total. The maximum absolute atomic E-state index is 11.2. The molecule has 0 radical (unpaired) electrons. The zero-order valence-electron chi connectivity index (χ0n) is 8.57. The standard InChI is InChI=1S/C10H15ClO4/c1-6(11)10(9(14)15)4-2-7(3-5-10)8(12)13/h6-7H,2-5H2,1H3,(H,12,13)(H,14,15). The zero-order chi connectivity index (χ0) is 11.6. The van der Waals surface area contributed by atoms with Gasteiger partial charge in [-0.05, 0) is 32.6 Å². The minimum atomic E-state index is -0.937. The number of rotatable bonds is 3. The summed E-state index contributed by atoms with van der Waals surface area (Å²) in [6.45, 7) is 1.66. The molecule has 1 aliphatic carbocycles. The van der Waals surface area contributed by atoms with Crippen molar-refractivity contribution in [3.8, 4) is 0 Å². The van der Waals surface area contributed by atoms with Crippen molar-refractivity contribution >= 4 is 23.5 Å². The molecule has 5 heteroatoms. The molecule has 0 spiro atoms. The van der Waals surface area contributed by atoms with E-state index in [0.29, 0.717) is 25.7 Å². The molecule has 86 valence electrons. The van der Waals surface area contributed by atoms with Crippen LogP contribution in [-0.2, 0) is 9.59 Å². The molecule has 0 aromatic rings. The molecular formula is C10H15ClO4. The fraction of sp³-hybridized carbons (Fsp3) is 0.800. The van der Waals surface area contributed by atoms with Crippen molar-refractivity contribution in [3.63, 3.8) is 0 Å². The van der Waals surface area contributed by atoms with Crippen molar-refractivity contribution < 1.29 is 19.8 Å². The molecule has 0 aromatic heterocycles. The maximum atomic E-state index is 11.2. The number of carboxylic acids is 2. The Kier molecular flexibility index (Phi) is 3.60. The van der Waals surface area contributed by atoms with Crippen LogP contribution in [-0.4, -0.2) is 27.5 Å². The number of hydrogen-bond acceptors (Lipinski definition) is 2. The summed E-state index contributed by atoms with van der Waals surface area (Å²) < 4.78 is 0. The van der Waals surface area contributed by atoms with Crippen LogP contribution in [0.5, 0.6) is 0 Å². The van der Waals surface area contributed by atoms with Crippen molar-refractivity contribution in [1.82, 2.24) is 0 Å². The lowest BCUT2D eigenvalue weighted by atomic mass is 9.68. The highest BCUT2D eigenvalue weighted by molar-refractivity contribution is 6.22. The quantitative estimate of drug-likeness (QED) is 0.732. The summed E-state index contributed by atoms with van der Waals surface area (Å²) in [6, 6.07) is 0. The Morgan fingerprint density at radius 3 is 2.07 bits per heavy atom. The number of carbonyl (C=O) groups is 2. The second kappa shape index (κ2) is 4.39. The van der Waals surface area contributed by atoms with Crippen LogP contribution in [0.15, 0.2) is 0 Å². The number of alkyl halides is 1. The lowest BCUT2D eigenvalue weighted by Crippen LogP contribution is -2.42. The number of halogens is 1. The molecule has 0 heterocycles. The molecule has 1 fully saturated rings. The molecule has 0 aromatic carbocycles. The van der Waals surface area contributed by atoms with E-state index in [1.54, 1.807) is 6.92 Å². The van der Waals surface area contributed by atoms with Gasteiger partial charge in [-0.25, -0.2) is 0 Å². The molecule has 4 nitrogen and oxygen atoms in total. The van der Waals surface area contributed by atoms with Crippen LogP contribution in [0.3, 0.4) is 0 Å². The van der Waals surface area contributed by atoms with E-state index in [1.165, 1.54) is 0 Å². The Balaban J connectivity index is 2.74. The highest BCUT2D eigenvalue weighted by Gasteiger charge is 2.46. The van der Waals surface area contributed by atoms with E-state index in [9.17, 15) is 9.59 Å². The molecule has 0 saturated heterocycles. The predicted octanol–water partition coefficient (Wildman–Crippen LogP) is 1.96. The fourth-order valence-electron chi connectivity index (χ4n) is 2.16. The average molecular weight is 235 g/mol. The van der Waals surface area contributed by atoms with E-state index in [0.717, 1.165) is 0 Å². The third kappa shape index (κ3) is 2.25. The molecule has 15 heavy (non-hydrogen) atoms. The lowest BCUT2D eigenvalue weighted by Gasteiger charge is -2.37. The van der Waals surface area contributed by atoms with Gasteiger partial charge in [-0.2, -0.15) is 0 Å². The Hall–Kier alpha value is -0.770. The SMILES string of the molecule is CC(Cl)C1(C(=O)O)CCC(C(=O)O)CC1. The summed E-state index contributed by atoms with van der Waals surface area (Å²) in [4.78, 5) is 21.9. The number of carboxylic acid groups (broad SMARTS) is 2. The second-order valence-corrected chi connectivity index (χ2v) is 4.84. The van der Waals surface area contributed by atoms with Crippen LogP contribution in [0.2, 0.25) is 0 Å². The Labute approximate surface area is 93.2 Å². The molecular weight excluding hydrogens is 220 g/mol. The lowest BCUT2D eigenvalue weighted by molar-refractivity contribution is -0.155. The number of aliphatic carboxylic acids is 2. The summed E-state index contributed by atoms with van der Waals surface area (Å²) in [7, 11) is 0. The molecule has 1 unspecified atom stereocenters. The van der Waals surface area contributed by atoms with Gasteiger partial charge in [0.1, 0.15) is 0 Å². The molecule has 1 rings (SSSR count). The van der Waals surface area contributed by atoms with Crippen molar-refractivity contribution in [2.75, 3.05) is 0 Å². The third-order valence-corrected chi connectivity index (χ3v) is 3.83. The summed E-state index contributed by atoms with van der Waals surface area (Å²) in [5, 5.41) is 17.5. The van der Waals surface area contributed by atoms with Gasteiger partial charge in [0.15, 0.2) is 0 Å². The van der Waals surface area contributed by atoms with Crippen LogP contribution in [0.4, 0.5) is 0 Å². The molecule has 0 bridgehead atoms. The van der Waals surface area contributed by atoms with Crippen molar-refractivity contribution in [2.45, 2.75) is 38.0 Å². The molecule has 1 aliphatic rings. The fourth-order valence-corrected chi connectivity index (χ4v) is 2.47. The summed E-state index contributed by atoms with van der Waals surface area (Å²) in [5.41, 5.74) is -0.937. The first-order valence-corrected chi connectivity index (χ1v) is 5.44. The largest absolute Gasteiger partial charge is 0.481 e. The second-order valence-electron chi connectivity index (χ2n) is 4.19. The van der Waals surface area contributed by atoms with E-state index in [4.69, 9.17) is 21.8 Å². The normalized spacial score (nSPS) is 33.3. The van der Waals surface area contributed by atoms with E-state index in [1.807, 2.05) is 0 Å². The Morgan fingerprint density at radius 2 is 1.80 bits per heavy atom. The highest BCUT2D eigenvalue weighted by atomic mass is 35.5. The summed E-state index contributed by atoms with van der Waals surface area (Å²) in [5.74, 6) is -2.15. The summed E-state index contributed by atoms with van der Waals surface area (Å²) >= 11 is 5.91. The van der Waals surface area contributed by atoms with Crippen LogP contribution >= 0.6 is 11.6 Å². The smallest absolute Gasteiger partial charge is 0.311 e. The maximum Gasteiger partial charge on any atom is 0.311 e. The van der Waals surface area contributed by atoms with Gasteiger partial charge in [0.2, 0.25) is 0 Å². The monoisotopic (exact) mass is 234 g/mol. The van der Waals surface area contributed by atoms with E-state index >= 15 is 0 Å². The molecule has 1 saturated carbocycles. The van der Waals surface area contributed by atoms with E-state index in [2.05, 4.69) is 0 Å². The van der Waals surface area contributed by atoms with Gasteiger partial charge in [-0.1, -0.05) is 0 Å². The van der Waals surface area contributed by atoms with E-state index in [-0.39, 0.29) is 0 Å². The predicted molar refractivity (Wildman–Crippen MR) is 55.0 cm³/mol. The van der Waals surface area contributed by atoms with Gasteiger partial charge in [0.05, 0.1) is 11.3 Å². The topological polar surface area (TPSA) is 74.6 Å². The van der Waals surface area contributed by atoms with Crippen molar-refractivity contribution in [1.29, 1.82) is 0 Å². The highest BCUT2D eigenvalue weighted by Crippen LogP contribution is 2.43. The summed E-state index contributed by atoms with van der Waals surface area (Å²) in [6.07, 6.45) is 1.51. The van der Waals surface area contributed by atoms with E-state index < -0.39 is 28.6 Å². The van der Waals surface area contributed by atoms with Gasteiger partial charge in [-0.15, -0.1) is 11.6 Å². The minimum Gasteiger partial charge on any atom is -0.481 e. The Morgan fingerprint density at radius 1 is 1.33 bits per heavy atom. The first-order chi connectivity index (χ1) is 6.90. The van der Waals surface area contributed by atoms with Gasteiger partial charge < -0.3 is 10.2 Å². The number of hydrogen-bond donors (Lipinski definition) is 2. The van der Waals surface area contributed by atoms with Crippen LogP contribution < -0.4 is 0 Å². The first-order valence-electron chi connectivity index (χ1n) is 5.00. The van der Waals surface area contributed by atoms with Crippen molar-refractivity contribution in [3.05, 3.63) is 0 Å². The van der Waals surface area contributed by atoms with Crippen LogP contribution in [0.1, 0.15) is 32.6 Å². The Bertz CT molecular complexity index is 267. The third-order valence-electron chi connectivity index (χ3n) is 3.41. The van der Waals surface area contributed by atoms with Gasteiger partial charge >= 0.3 is 11.9 Å². The van der Waals surface area contributed by atoms with Crippen LogP contribution in [0.25, 0.3) is 0 Å². The van der Waals surface area contributed by atoms with Gasteiger partial charge in [-0.3, -0.25) is 9.59 Å². The van der Waals surface area contributed by atoms with Crippen LogP contribution in [0, 0.1) is 11.3 Å².